The SMILES string of the molecule is CC(C)NCc1ccn(CCF)n1. The molecule has 1 heterocycles. The predicted molar refractivity (Wildman–Crippen MR) is 50.2 cm³/mol. The zero-order valence-electron chi connectivity index (χ0n) is 8.13. The van der Waals surface area contributed by atoms with E-state index in [0.717, 1.165) is 12.2 Å². The van der Waals surface area contributed by atoms with Crippen LogP contribution in [0.4, 0.5) is 4.39 Å². The Kier molecular flexibility index (Phi) is 3.89. The summed E-state index contributed by atoms with van der Waals surface area (Å²) in [4.78, 5) is 0. The Labute approximate surface area is 77.9 Å². The lowest BCUT2D eigenvalue weighted by Crippen LogP contribution is -2.22. The van der Waals surface area contributed by atoms with E-state index in [0.29, 0.717) is 12.6 Å². The largest absolute Gasteiger partial charge is 0.309 e. The zero-order valence-corrected chi connectivity index (χ0v) is 8.13. The Morgan fingerprint density at radius 2 is 2.38 bits per heavy atom. The molecule has 0 saturated carbocycles. The smallest absolute Gasteiger partial charge is 0.109 e. The molecule has 0 fully saturated rings. The normalized spacial score (nSPS) is 11.1. The fraction of sp³-hybridized carbons (Fsp3) is 0.667. The van der Waals surface area contributed by atoms with Gasteiger partial charge in [0.1, 0.15) is 6.67 Å². The predicted octanol–water partition coefficient (Wildman–Crippen LogP) is 1.35. The van der Waals surface area contributed by atoms with Gasteiger partial charge in [0.25, 0.3) is 0 Å². The monoisotopic (exact) mass is 185 g/mol. The minimum Gasteiger partial charge on any atom is -0.309 e. The van der Waals surface area contributed by atoms with Crippen LogP contribution >= 0.6 is 0 Å². The molecule has 0 unspecified atom stereocenters. The molecule has 0 amide bonds. The molecule has 0 aliphatic carbocycles. The van der Waals surface area contributed by atoms with E-state index in [1.54, 1.807) is 10.9 Å². The van der Waals surface area contributed by atoms with Crippen molar-refractivity contribution in [1.29, 1.82) is 0 Å². The van der Waals surface area contributed by atoms with Crippen LogP contribution in [0.25, 0.3) is 0 Å². The minimum absolute atomic E-state index is 0.349. The quantitative estimate of drug-likeness (QED) is 0.750. The van der Waals surface area contributed by atoms with Gasteiger partial charge in [0.2, 0.25) is 0 Å². The van der Waals surface area contributed by atoms with Gasteiger partial charge in [-0.25, -0.2) is 4.39 Å². The average Bonchev–Trinajstić information content (AvgIpc) is 2.50. The highest BCUT2D eigenvalue weighted by Crippen LogP contribution is 1.96. The molecular formula is C9H16FN3. The maximum absolute atomic E-state index is 11.9. The van der Waals surface area contributed by atoms with Crippen molar-refractivity contribution in [2.24, 2.45) is 0 Å². The van der Waals surface area contributed by atoms with Gasteiger partial charge in [0.15, 0.2) is 0 Å². The highest BCUT2D eigenvalue weighted by Gasteiger charge is 1.99. The number of halogens is 1. The van der Waals surface area contributed by atoms with Gasteiger partial charge in [-0.1, -0.05) is 13.8 Å². The van der Waals surface area contributed by atoms with Gasteiger partial charge in [0.05, 0.1) is 12.2 Å². The summed E-state index contributed by atoms with van der Waals surface area (Å²) >= 11 is 0. The van der Waals surface area contributed by atoms with E-state index in [4.69, 9.17) is 0 Å². The van der Waals surface area contributed by atoms with E-state index in [1.807, 2.05) is 6.07 Å². The third-order valence-electron chi connectivity index (χ3n) is 1.70. The molecule has 3 nitrogen and oxygen atoms in total. The van der Waals surface area contributed by atoms with Crippen LogP contribution in [0.2, 0.25) is 0 Å². The van der Waals surface area contributed by atoms with E-state index in [-0.39, 0.29) is 6.67 Å². The summed E-state index contributed by atoms with van der Waals surface area (Å²) in [5, 5.41) is 7.43. The van der Waals surface area contributed by atoms with Crippen molar-refractivity contribution >= 4 is 0 Å². The standard InChI is InChI=1S/C9H16FN3/c1-8(2)11-7-9-3-5-13(12-9)6-4-10/h3,5,8,11H,4,6-7H2,1-2H3. The molecule has 0 bridgehead atoms. The van der Waals surface area contributed by atoms with Gasteiger partial charge in [-0.2, -0.15) is 5.10 Å². The second-order valence-corrected chi connectivity index (χ2v) is 3.29. The van der Waals surface area contributed by atoms with Crippen molar-refractivity contribution in [3.05, 3.63) is 18.0 Å². The highest BCUT2D eigenvalue weighted by atomic mass is 19.1. The summed E-state index contributed by atoms with van der Waals surface area (Å²) in [5.74, 6) is 0. The van der Waals surface area contributed by atoms with E-state index in [9.17, 15) is 4.39 Å². The molecule has 4 heteroatoms. The molecule has 0 aliphatic heterocycles. The van der Waals surface area contributed by atoms with Crippen molar-refractivity contribution in [1.82, 2.24) is 15.1 Å². The molecule has 1 N–H and O–H groups in total. The Hall–Kier alpha value is -0.900. The molecular weight excluding hydrogens is 169 g/mol. The van der Waals surface area contributed by atoms with Gasteiger partial charge in [-0.3, -0.25) is 4.68 Å². The minimum atomic E-state index is -0.362. The molecule has 0 aliphatic rings. The summed E-state index contributed by atoms with van der Waals surface area (Å²) in [5.41, 5.74) is 0.960. The first-order chi connectivity index (χ1) is 6.22. The number of rotatable bonds is 5. The van der Waals surface area contributed by atoms with Gasteiger partial charge < -0.3 is 5.32 Å². The number of hydrogen-bond acceptors (Lipinski definition) is 2. The molecule has 0 saturated heterocycles. The number of aromatic nitrogens is 2. The first kappa shape index (κ1) is 10.2. The van der Waals surface area contributed by atoms with Crippen LogP contribution in [0.1, 0.15) is 19.5 Å². The van der Waals surface area contributed by atoms with Gasteiger partial charge >= 0.3 is 0 Å². The Morgan fingerprint density at radius 3 is 3.00 bits per heavy atom. The summed E-state index contributed by atoms with van der Waals surface area (Å²) < 4.78 is 13.5. The van der Waals surface area contributed by atoms with Crippen LogP contribution < -0.4 is 5.32 Å². The van der Waals surface area contributed by atoms with Crippen molar-refractivity contribution in [2.45, 2.75) is 33.0 Å². The molecule has 1 aromatic rings. The first-order valence-electron chi connectivity index (χ1n) is 4.54. The number of nitrogens with zero attached hydrogens (tertiary/aromatic N) is 2. The Balaban J connectivity index is 2.39. The fourth-order valence-corrected chi connectivity index (χ4v) is 1.02. The van der Waals surface area contributed by atoms with E-state index in [1.165, 1.54) is 0 Å². The van der Waals surface area contributed by atoms with E-state index < -0.39 is 0 Å². The van der Waals surface area contributed by atoms with E-state index in [2.05, 4.69) is 24.3 Å². The lowest BCUT2D eigenvalue weighted by atomic mass is 10.3. The highest BCUT2D eigenvalue weighted by molar-refractivity contribution is 4.98. The van der Waals surface area contributed by atoms with Crippen molar-refractivity contribution < 1.29 is 4.39 Å². The molecule has 0 radical (unpaired) electrons. The lowest BCUT2D eigenvalue weighted by molar-refractivity contribution is 0.424. The second kappa shape index (κ2) is 4.97. The molecule has 1 rings (SSSR count). The van der Waals surface area contributed by atoms with Crippen molar-refractivity contribution in [2.75, 3.05) is 6.67 Å². The molecule has 0 aromatic carbocycles. The molecule has 74 valence electrons. The topological polar surface area (TPSA) is 29.9 Å². The number of nitrogens with one attached hydrogen (secondary N) is 1. The zero-order chi connectivity index (χ0) is 9.68. The Morgan fingerprint density at radius 1 is 1.62 bits per heavy atom. The van der Waals surface area contributed by atoms with Gasteiger partial charge in [-0.05, 0) is 6.07 Å². The maximum atomic E-state index is 11.9. The first-order valence-corrected chi connectivity index (χ1v) is 4.54. The number of aryl methyl sites for hydroxylation is 1. The van der Waals surface area contributed by atoms with Crippen LogP contribution in [0.3, 0.4) is 0 Å². The van der Waals surface area contributed by atoms with Crippen LogP contribution in [0.5, 0.6) is 0 Å². The second-order valence-electron chi connectivity index (χ2n) is 3.29. The van der Waals surface area contributed by atoms with Crippen LogP contribution in [-0.4, -0.2) is 22.5 Å². The van der Waals surface area contributed by atoms with Crippen LogP contribution in [-0.2, 0) is 13.1 Å². The summed E-state index contributed by atoms with van der Waals surface area (Å²) in [6.07, 6.45) is 1.80. The van der Waals surface area contributed by atoms with Crippen molar-refractivity contribution in [3.63, 3.8) is 0 Å². The fourth-order valence-electron chi connectivity index (χ4n) is 1.02. The molecule has 13 heavy (non-hydrogen) atoms. The molecule has 0 spiro atoms. The van der Waals surface area contributed by atoms with Crippen LogP contribution in [0, 0.1) is 0 Å². The Bertz CT molecular complexity index is 245. The lowest BCUT2D eigenvalue weighted by Gasteiger charge is -2.04. The van der Waals surface area contributed by atoms with E-state index >= 15 is 0 Å². The summed E-state index contributed by atoms with van der Waals surface area (Å²) in [6.45, 7) is 4.90. The van der Waals surface area contributed by atoms with Crippen LogP contribution in [0.15, 0.2) is 12.3 Å². The van der Waals surface area contributed by atoms with Gasteiger partial charge in [0, 0.05) is 18.8 Å². The third-order valence-corrected chi connectivity index (χ3v) is 1.70. The number of alkyl halides is 1. The summed E-state index contributed by atoms with van der Waals surface area (Å²) in [6, 6.07) is 2.36. The summed E-state index contributed by atoms with van der Waals surface area (Å²) in [7, 11) is 0. The van der Waals surface area contributed by atoms with Gasteiger partial charge in [-0.15, -0.1) is 0 Å². The van der Waals surface area contributed by atoms with Crippen molar-refractivity contribution in [3.8, 4) is 0 Å². The third kappa shape index (κ3) is 3.55. The molecule has 1 aromatic heterocycles. The maximum Gasteiger partial charge on any atom is 0.109 e. The number of hydrogen-bond donors (Lipinski definition) is 1. The average molecular weight is 185 g/mol. The molecule has 0 atom stereocenters.